The molecule has 0 amide bonds. The lowest BCUT2D eigenvalue weighted by atomic mass is 10.1. The van der Waals surface area contributed by atoms with Crippen molar-refractivity contribution in [2.45, 2.75) is 0 Å². The topological polar surface area (TPSA) is 37.3 Å². The van der Waals surface area contributed by atoms with E-state index in [9.17, 15) is 9.90 Å². The Morgan fingerprint density at radius 3 is 2.83 bits per heavy atom. The van der Waals surface area contributed by atoms with Crippen LogP contribution >= 0.6 is 27.5 Å². The van der Waals surface area contributed by atoms with Crippen molar-refractivity contribution in [1.82, 2.24) is 0 Å². The fourth-order valence-electron chi connectivity index (χ4n) is 0.812. The molecule has 0 fully saturated rings. The van der Waals surface area contributed by atoms with Gasteiger partial charge in [0.25, 0.3) is 0 Å². The Balaban J connectivity index is 3.16. The summed E-state index contributed by atoms with van der Waals surface area (Å²) in [5, 5.41) is 9.37. The van der Waals surface area contributed by atoms with Crippen LogP contribution in [-0.2, 0) is 0 Å². The molecule has 0 heterocycles. The number of phenols is 1. The van der Waals surface area contributed by atoms with Crippen LogP contribution in [0.25, 0.3) is 0 Å². The van der Waals surface area contributed by atoms with Gasteiger partial charge in [0.2, 0.25) is 0 Å². The van der Waals surface area contributed by atoms with Crippen molar-refractivity contribution in [2.24, 2.45) is 0 Å². The average Bonchev–Trinajstić information content (AvgIpc) is 2.08. The molecule has 4 heteroatoms. The van der Waals surface area contributed by atoms with Crippen LogP contribution < -0.4 is 0 Å². The highest BCUT2D eigenvalue weighted by Crippen LogP contribution is 2.27. The third-order valence-electron chi connectivity index (χ3n) is 1.41. The molecule has 0 aliphatic carbocycles. The van der Waals surface area contributed by atoms with Crippen molar-refractivity contribution >= 4 is 33.3 Å². The predicted molar refractivity (Wildman–Crippen MR) is 50.9 cm³/mol. The molecular formula is C8H6BrClO2. The van der Waals surface area contributed by atoms with Gasteiger partial charge in [0.15, 0.2) is 5.78 Å². The first-order valence-electron chi connectivity index (χ1n) is 3.23. The smallest absolute Gasteiger partial charge is 0.181 e. The van der Waals surface area contributed by atoms with Crippen LogP contribution in [0.1, 0.15) is 10.4 Å². The Kier molecular flexibility index (Phi) is 3.12. The molecule has 0 bridgehead atoms. The lowest BCUT2D eigenvalue weighted by Gasteiger charge is -2.01. The van der Waals surface area contributed by atoms with Crippen molar-refractivity contribution in [3.8, 4) is 5.75 Å². The zero-order valence-electron chi connectivity index (χ0n) is 6.05. The third-order valence-corrected chi connectivity index (χ3v) is 2.29. The van der Waals surface area contributed by atoms with E-state index in [0.29, 0.717) is 4.47 Å². The maximum absolute atomic E-state index is 11.1. The monoisotopic (exact) mass is 248 g/mol. The Morgan fingerprint density at radius 1 is 1.58 bits per heavy atom. The number of hydrogen-bond acceptors (Lipinski definition) is 2. The predicted octanol–water partition coefficient (Wildman–Crippen LogP) is 2.58. The van der Waals surface area contributed by atoms with Crippen molar-refractivity contribution < 1.29 is 9.90 Å². The molecule has 0 spiro atoms. The zero-order valence-corrected chi connectivity index (χ0v) is 8.39. The molecule has 0 unspecified atom stereocenters. The second-order valence-electron chi connectivity index (χ2n) is 2.19. The number of hydrogen-bond donors (Lipinski definition) is 1. The van der Waals surface area contributed by atoms with Crippen LogP contribution in [0.3, 0.4) is 0 Å². The summed E-state index contributed by atoms with van der Waals surface area (Å²) in [5.74, 6) is -0.456. The number of benzene rings is 1. The number of Topliss-reactive ketones (excluding diaryl/α,β-unsaturated/α-hetero) is 1. The summed E-state index contributed by atoms with van der Waals surface area (Å²) in [4.78, 5) is 11.1. The van der Waals surface area contributed by atoms with Gasteiger partial charge in [-0.05, 0) is 28.1 Å². The van der Waals surface area contributed by atoms with E-state index in [1.807, 2.05) is 0 Å². The third kappa shape index (κ3) is 1.79. The zero-order chi connectivity index (χ0) is 9.14. The Morgan fingerprint density at radius 2 is 2.25 bits per heavy atom. The summed E-state index contributed by atoms with van der Waals surface area (Å²) in [6.45, 7) is 0. The number of aromatic hydroxyl groups is 1. The highest BCUT2D eigenvalue weighted by atomic mass is 79.9. The van der Waals surface area contributed by atoms with Gasteiger partial charge in [-0.1, -0.05) is 6.07 Å². The summed E-state index contributed by atoms with van der Waals surface area (Å²) in [5.41, 5.74) is 0.249. The van der Waals surface area contributed by atoms with Gasteiger partial charge in [-0.3, -0.25) is 4.79 Å². The van der Waals surface area contributed by atoms with E-state index in [0.717, 1.165) is 0 Å². The lowest BCUT2D eigenvalue weighted by Crippen LogP contribution is -2.00. The van der Waals surface area contributed by atoms with E-state index in [2.05, 4.69) is 15.9 Å². The SMILES string of the molecule is O=C(CCl)c1cccc(Br)c1O. The molecule has 0 atom stereocenters. The first-order valence-corrected chi connectivity index (χ1v) is 4.56. The number of phenolic OH excluding ortho intramolecular Hbond substituents is 1. The summed E-state index contributed by atoms with van der Waals surface area (Å²) in [7, 11) is 0. The summed E-state index contributed by atoms with van der Waals surface area (Å²) in [6.07, 6.45) is 0. The van der Waals surface area contributed by atoms with Gasteiger partial charge in [0, 0.05) is 0 Å². The van der Waals surface area contributed by atoms with E-state index in [-0.39, 0.29) is 23.0 Å². The van der Waals surface area contributed by atoms with E-state index in [1.54, 1.807) is 12.1 Å². The standard InChI is InChI=1S/C8H6BrClO2/c9-6-3-1-2-5(8(6)12)7(11)4-10/h1-3,12H,4H2. The number of ketones is 1. The quantitative estimate of drug-likeness (QED) is 0.646. The van der Waals surface area contributed by atoms with Gasteiger partial charge in [-0.2, -0.15) is 0 Å². The second-order valence-corrected chi connectivity index (χ2v) is 3.31. The van der Waals surface area contributed by atoms with Gasteiger partial charge in [0.05, 0.1) is 15.9 Å². The Labute approximate surface area is 83.3 Å². The molecule has 12 heavy (non-hydrogen) atoms. The van der Waals surface area contributed by atoms with Crippen LogP contribution in [0, 0.1) is 0 Å². The largest absolute Gasteiger partial charge is 0.506 e. The molecule has 2 nitrogen and oxygen atoms in total. The second kappa shape index (κ2) is 3.92. The molecule has 1 N–H and O–H groups in total. The first kappa shape index (κ1) is 9.55. The van der Waals surface area contributed by atoms with Crippen LogP contribution in [-0.4, -0.2) is 16.8 Å². The van der Waals surface area contributed by atoms with Crippen molar-refractivity contribution in [1.29, 1.82) is 0 Å². The van der Waals surface area contributed by atoms with Crippen LogP contribution in [0.5, 0.6) is 5.75 Å². The molecule has 0 aromatic heterocycles. The molecular weight excluding hydrogens is 243 g/mol. The molecule has 1 rings (SSSR count). The van der Waals surface area contributed by atoms with Crippen LogP contribution in [0.15, 0.2) is 22.7 Å². The van der Waals surface area contributed by atoms with Crippen molar-refractivity contribution in [3.63, 3.8) is 0 Å². The fourth-order valence-corrected chi connectivity index (χ4v) is 1.32. The molecule has 0 saturated carbocycles. The summed E-state index contributed by atoms with van der Waals surface area (Å²) >= 11 is 8.43. The Hall–Kier alpha value is -0.540. The Bertz CT molecular complexity index is 312. The number of rotatable bonds is 2. The van der Waals surface area contributed by atoms with E-state index in [1.165, 1.54) is 6.07 Å². The highest BCUT2D eigenvalue weighted by molar-refractivity contribution is 9.10. The molecule has 0 aliphatic heterocycles. The van der Waals surface area contributed by atoms with Gasteiger partial charge in [-0.25, -0.2) is 0 Å². The number of alkyl halides is 1. The van der Waals surface area contributed by atoms with Crippen molar-refractivity contribution in [3.05, 3.63) is 28.2 Å². The normalized spacial score (nSPS) is 9.83. The molecule has 0 radical (unpaired) electrons. The minimum absolute atomic E-state index is 0.0526. The van der Waals surface area contributed by atoms with Crippen LogP contribution in [0.2, 0.25) is 0 Å². The summed E-state index contributed by atoms with van der Waals surface area (Å²) in [6, 6.07) is 4.86. The molecule has 64 valence electrons. The molecule has 0 aliphatic rings. The maximum Gasteiger partial charge on any atom is 0.181 e. The van der Waals surface area contributed by atoms with Gasteiger partial charge < -0.3 is 5.11 Å². The minimum atomic E-state index is -0.282. The van der Waals surface area contributed by atoms with Gasteiger partial charge in [0.1, 0.15) is 5.75 Å². The molecule has 1 aromatic rings. The average molecular weight is 249 g/mol. The molecule has 0 saturated heterocycles. The fraction of sp³-hybridized carbons (Fsp3) is 0.125. The number of carbonyl (C=O) groups is 1. The first-order chi connectivity index (χ1) is 5.66. The minimum Gasteiger partial charge on any atom is -0.506 e. The highest BCUT2D eigenvalue weighted by Gasteiger charge is 2.11. The number of para-hydroxylation sites is 1. The van der Waals surface area contributed by atoms with Gasteiger partial charge in [-0.15, -0.1) is 11.6 Å². The lowest BCUT2D eigenvalue weighted by molar-refractivity contribution is 0.101. The van der Waals surface area contributed by atoms with E-state index >= 15 is 0 Å². The van der Waals surface area contributed by atoms with Crippen molar-refractivity contribution in [2.75, 3.05) is 5.88 Å². The summed E-state index contributed by atoms with van der Waals surface area (Å²) < 4.78 is 0.499. The van der Waals surface area contributed by atoms with Crippen LogP contribution in [0.4, 0.5) is 0 Å². The van der Waals surface area contributed by atoms with E-state index < -0.39 is 0 Å². The number of halogens is 2. The maximum atomic E-state index is 11.1. The van der Waals surface area contributed by atoms with Gasteiger partial charge >= 0.3 is 0 Å². The van der Waals surface area contributed by atoms with E-state index in [4.69, 9.17) is 11.6 Å². The number of carbonyl (C=O) groups excluding carboxylic acids is 1. The molecule has 1 aromatic carbocycles.